The first kappa shape index (κ1) is 11.5. The number of piperidine rings is 1. The van der Waals surface area contributed by atoms with E-state index in [2.05, 4.69) is 15.6 Å². The molecule has 3 rings (SSSR count). The van der Waals surface area contributed by atoms with E-state index in [0.717, 1.165) is 38.0 Å². The molecule has 2 aliphatic rings. The average Bonchev–Trinajstić information content (AvgIpc) is 2.83. The second kappa shape index (κ2) is 4.94. The molecule has 1 aromatic rings. The van der Waals surface area contributed by atoms with Gasteiger partial charge in [0.05, 0.1) is 6.04 Å². The number of nitrogens with zero attached hydrogens (tertiary/aromatic N) is 2. The number of nitrogens with one attached hydrogen (secondary N) is 2. The van der Waals surface area contributed by atoms with E-state index in [1.54, 1.807) is 12.4 Å². The van der Waals surface area contributed by atoms with E-state index in [0.29, 0.717) is 6.04 Å². The molecule has 2 saturated heterocycles. The predicted molar refractivity (Wildman–Crippen MR) is 68.1 cm³/mol. The Kier molecular flexibility index (Phi) is 3.15. The molecule has 1 atom stereocenters. The number of urea groups is 1. The highest BCUT2D eigenvalue weighted by Gasteiger charge is 2.34. The molecule has 1 aromatic heterocycles. The Labute approximate surface area is 107 Å². The van der Waals surface area contributed by atoms with E-state index in [-0.39, 0.29) is 12.1 Å². The van der Waals surface area contributed by atoms with E-state index in [9.17, 15) is 4.79 Å². The van der Waals surface area contributed by atoms with Gasteiger partial charge in [-0.1, -0.05) is 0 Å². The molecule has 0 radical (unpaired) electrons. The number of carbonyl (C=O) groups excluding carboxylic acids is 1. The molecule has 2 aliphatic heterocycles. The highest BCUT2D eigenvalue weighted by atomic mass is 16.2. The monoisotopic (exact) mass is 246 g/mol. The Bertz CT molecular complexity index is 416. The fraction of sp³-hybridized carbons (Fsp3) is 0.538. The molecule has 96 valence electrons. The zero-order chi connectivity index (χ0) is 12.4. The van der Waals surface area contributed by atoms with Gasteiger partial charge in [-0.15, -0.1) is 0 Å². The molecule has 5 nitrogen and oxygen atoms in total. The smallest absolute Gasteiger partial charge is 0.318 e. The van der Waals surface area contributed by atoms with Gasteiger partial charge in [0.25, 0.3) is 0 Å². The van der Waals surface area contributed by atoms with Crippen LogP contribution >= 0.6 is 0 Å². The first-order valence-electron chi connectivity index (χ1n) is 6.52. The molecular formula is C13H18N4O. The van der Waals surface area contributed by atoms with Gasteiger partial charge in [-0.3, -0.25) is 4.98 Å². The fourth-order valence-corrected chi connectivity index (χ4v) is 2.77. The van der Waals surface area contributed by atoms with Crippen LogP contribution in [0.15, 0.2) is 24.5 Å². The van der Waals surface area contributed by atoms with E-state index in [4.69, 9.17) is 0 Å². The number of carbonyl (C=O) groups is 1. The molecule has 18 heavy (non-hydrogen) atoms. The van der Waals surface area contributed by atoms with Gasteiger partial charge in [0.2, 0.25) is 0 Å². The number of aromatic nitrogens is 1. The van der Waals surface area contributed by atoms with Crippen molar-refractivity contribution in [1.82, 2.24) is 20.5 Å². The second-order valence-electron chi connectivity index (χ2n) is 4.92. The minimum absolute atomic E-state index is 0.0729. The molecule has 2 N–H and O–H groups in total. The Hall–Kier alpha value is -1.62. The van der Waals surface area contributed by atoms with Crippen LogP contribution in [0.2, 0.25) is 0 Å². The summed E-state index contributed by atoms with van der Waals surface area (Å²) < 4.78 is 0. The van der Waals surface area contributed by atoms with Crippen molar-refractivity contribution in [2.45, 2.75) is 24.9 Å². The molecule has 1 unspecified atom stereocenters. The zero-order valence-corrected chi connectivity index (χ0v) is 10.3. The van der Waals surface area contributed by atoms with Crippen LogP contribution in [0.1, 0.15) is 24.4 Å². The van der Waals surface area contributed by atoms with Crippen LogP contribution in [0.3, 0.4) is 0 Å². The van der Waals surface area contributed by atoms with Gasteiger partial charge >= 0.3 is 6.03 Å². The van der Waals surface area contributed by atoms with Crippen molar-refractivity contribution in [3.8, 4) is 0 Å². The maximum atomic E-state index is 12.0. The molecule has 0 bridgehead atoms. The molecule has 0 aliphatic carbocycles. The van der Waals surface area contributed by atoms with Gasteiger partial charge in [-0.05, 0) is 43.6 Å². The Morgan fingerprint density at radius 3 is 2.67 bits per heavy atom. The third-order valence-corrected chi connectivity index (χ3v) is 3.80. The number of rotatable bonds is 2. The number of amides is 2. The molecule has 2 fully saturated rings. The van der Waals surface area contributed by atoms with Crippen molar-refractivity contribution in [3.05, 3.63) is 30.1 Å². The van der Waals surface area contributed by atoms with Crippen LogP contribution in [0, 0.1) is 0 Å². The maximum Gasteiger partial charge on any atom is 0.318 e. The van der Waals surface area contributed by atoms with Gasteiger partial charge in [-0.25, -0.2) is 4.79 Å². The van der Waals surface area contributed by atoms with E-state index in [1.165, 1.54) is 0 Å². The van der Waals surface area contributed by atoms with Crippen LogP contribution in [-0.2, 0) is 0 Å². The van der Waals surface area contributed by atoms with Crippen molar-refractivity contribution >= 4 is 6.03 Å². The summed E-state index contributed by atoms with van der Waals surface area (Å²) in [5.74, 6) is 0. The van der Waals surface area contributed by atoms with E-state index < -0.39 is 0 Å². The lowest BCUT2D eigenvalue weighted by atomic mass is 10.0. The third kappa shape index (κ3) is 2.18. The molecule has 0 aromatic carbocycles. The summed E-state index contributed by atoms with van der Waals surface area (Å²) in [4.78, 5) is 18.0. The standard InChI is InChI=1S/C13H18N4O/c18-13-16-12(10-1-5-14-6-2-10)9-17(13)11-3-7-15-8-4-11/h1-2,5-6,11-12,15H,3-4,7-9H2,(H,16,18). The van der Waals surface area contributed by atoms with Gasteiger partial charge in [0, 0.05) is 25.0 Å². The Morgan fingerprint density at radius 1 is 1.22 bits per heavy atom. The minimum Gasteiger partial charge on any atom is -0.329 e. The SMILES string of the molecule is O=C1NC(c2ccncc2)CN1C1CCNCC1. The van der Waals surface area contributed by atoms with Crippen LogP contribution in [0.5, 0.6) is 0 Å². The molecule has 3 heterocycles. The number of hydrogen-bond donors (Lipinski definition) is 2. The van der Waals surface area contributed by atoms with Crippen molar-refractivity contribution in [3.63, 3.8) is 0 Å². The Morgan fingerprint density at radius 2 is 1.94 bits per heavy atom. The van der Waals surface area contributed by atoms with E-state index >= 15 is 0 Å². The molecule has 5 heteroatoms. The van der Waals surface area contributed by atoms with Crippen molar-refractivity contribution in [2.24, 2.45) is 0 Å². The van der Waals surface area contributed by atoms with Gasteiger partial charge in [0.15, 0.2) is 0 Å². The lowest BCUT2D eigenvalue weighted by Crippen LogP contribution is -2.44. The lowest BCUT2D eigenvalue weighted by molar-refractivity contribution is 0.182. The summed E-state index contributed by atoms with van der Waals surface area (Å²) in [7, 11) is 0. The first-order valence-corrected chi connectivity index (χ1v) is 6.52. The highest BCUT2D eigenvalue weighted by Crippen LogP contribution is 2.24. The van der Waals surface area contributed by atoms with Crippen LogP contribution in [0.4, 0.5) is 4.79 Å². The average molecular weight is 246 g/mol. The van der Waals surface area contributed by atoms with Crippen molar-refractivity contribution in [1.29, 1.82) is 0 Å². The zero-order valence-electron chi connectivity index (χ0n) is 10.3. The summed E-state index contributed by atoms with van der Waals surface area (Å²) in [5.41, 5.74) is 1.13. The molecule has 0 saturated carbocycles. The summed E-state index contributed by atoms with van der Waals surface area (Å²) in [5, 5.41) is 6.39. The lowest BCUT2D eigenvalue weighted by Gasteiger charge is -2.30. The molecular weight excluding hydrogens is 228 g/mol. The molecule has 2 amide bonds. The van der Waals surface area contributed by atoms with Gasteiger partial charge in [0.1, 0.15) is 0 Å². The largest absolute Gasteiger partial charge is 0.329 e. The normalized spacial score (nSPS) is 25.2. The summed E-state index contributed by atoms with van der Waals surface area (Å²) in [6.45, 7) is 2.79. The second-order valence-corrected chi connectivity index (χ2v) is 4.92. The van der Waals surface area contributed by atoms with Crippen LogP contribution in [0.25, 0.3) is 0 Å². The summed E-state index contributed by atoms with van der Waals surface area (Å²) in [6.07, 6.45) is 5.65. The quantitative estimate of drug-likeness (QED) is 0.815. The van der Waals surface area contributed by atoms with Crippen molar-refractivity contribution < 1.29 is 4.79 Å². The van der Waals surface area contributed by atoms with Gasteiger partial charge in [-0.2, -0.15) is 0 Å². The van der Waals surface area contributed by atoms with Gasteiger partial charge < -0.3 is 15.5 Å². The summed E-state index contributed by atoms with van der Waals surface area (Å²) in [6, 6.07) is 4.51. The topological polar surface area (TPSA) is 57.3 Å². The van der Waals surface area contributed by atoms with E-state index in [1.807, 2.05) is 17.0 Å². The maximum absolute atomic E-state index is 12.0. The number of hydrogen-bond acceptors (Lipinski definition) is 3. The molecule has 0 spiro atoms. The minimum atomic E-state index is 0.0729. The predicted octanol–water partition coefficient (Wildman–Crippen LogP) is 0.900. The third-order valence-electron chi connectivity index (χ3n) is 3.80. The Balaban J connectivity index is 1.70. The van der Waals surface area contributed by atoms with Crippen LogP contribution < -0.4 is 10.6 Å². The highest BCUT2D eigenvalue weighted by molar-refractivity contribution is 5.77. The first-order chi connectivity index (χ1) is 8.84. The number of pyridine rings is 1. The summed E-state index contributed by atoms with van der Waals surface area (Å²) >= 11 is 0. The van der Waals surface area contributed by atoms with Crippen molar-refractivity contribution in [2.75, 3.05) is 19.6 Å². The fourth-order valence-electron chi connectivity index (χ4n) is 2.77. The van der Waals surface area contributed by atoms with Crippen LogP contribution in [-0.4, -0.2) is 41.6 Å².